The molecule has 1 unspecified atom stereocenters. The number of nitrogens with one attached hydrogen (secondary N) is 2. The Morgan fingerprint density at radius 3 is 2.67 bits per heavy atom. The van der Waals surface area contributed by atoms with Gasteiger partial charge < -0.3 is 19.8 Å². The van der Waals surface area contributed by atoms with Crippen LogP contribution >= 0.6 is 0 Å². The molecule has 2 aromatic carbocycles. The topological polar surface area (TPSA) is 61.0 Å². The van der Waals surface area contributed by atoms with Crippen molar-refractivity contribution in [1.29, 1.82) is 0 Å². The van der Waals surface area contributed by atoms with Gasteiger partial charge in [-0.05, 0) is 49.1 Å². The van der Waals surface area contributed by atoms with E-state index in [2.05, 4.69) is 9.97 Å². The molecular weight excluding hydrogens is 300 g/mol. The Labute approximate surface area is 140 Å². The fourth-order valence-electron chi connectivity index (χ4n) is 3.51. The number of methoxy groups -OCH3 is 1. The number of aryl methyl sites for hydroxylation is 1. The molecule has 2 aromatic heterocycles. The number of aromatic nitrogens is 2. The van der Waals surface area contributed by atoms with Gasteiger partial charge in [0.1, 0.15) is 11.4 Å². The van der Waals surface area contributed by atoms with Gasteiger partial charge in [0.25, 0.3) is 0 Å². The summed E-state index contributed by atoms with van der Waals surface area (Å²) >= 11 is 0. The number of ether oxygens (including phenoxy) is 1. The van der Waals surface area contributed by atoms with E-state index in [0.29, 0.717) is 5.75 Å². The molecule has 0 radical (unpaired) electrons. The first-order valence-electron chi connectivity index (χ1n) is 7.98. The molecule has 1 atom stereocenters. The zero-order valence-corrected chi connectivity index (χ0v) is 14.0. The Balaban J connectivity index is 2.01. The molecule has 0 aliphatic carbocycles. The Morgan fingerprint density at radius 1 is 1.12 bits per heavy atom. The van der Waals surface area contributed by atoms with E-state index < -0.39 is 5.60 Å². The second-order valence-corrected chi connectivity index (χ2v) is 6.38. The lowest BCUT2D eigenvalue weighted by molar-refractivity contribution is 0.0967. The van der Waals surface area contributed by atoms with Crippen molar-refractivity contribution in [1.82, 2.24) is 9.97 Å². The maximum absolute atomic E-state index is 11.5. The second-order valence-electron chi connectivity index (χ2n) is 6.38. The van der Waals surface area contributed by atoms with Crippen molar-refractivity contribution in [3.05, 3.63) is 65.5 Å². The van der Waals surface area contributed by atoms with Gasteiger partial charge in [-0.2, -0.15) is 0 Å². The molecule has 0 saturated heterocycles. The van der Waals surface area contributed by atoms with Crippen LogP contribution in [-0.4, -0.2) is 22.2 Å². The zero-order valence-electron chi connectivity index (χ0n) is 14.0. The van der Waals surface area contributed by atoms with E-state index in [1.54, 1.807) is 14.0 Å². The molecule has 3 N–H and O–H groups in total. The lowest BCUT2D eigenvalue weighted by atomic mass is 9.88. The minimum Gasteiger partial charge on any atom is -0.496 e. The molecule has 4 rings (SSSR count). The minimum atomic E-state index is -1.21. The van der Waals surface area contributed by atoms with Crippen molar-refractivity contribution in [2.75, 3.05) is 7.11 Å². The summed E-state index contributed by atoms with van der Waals surface area (Å²) in [6.07, 6.45) is 1.89. The number of hydrogen-bond donors (Lipinski definition) is 3. The largest absolute Gasteiger partial charge is 0.496 e. The van der Waals surface area contributed by atoms with Crippen LogP contribution in [-0.2, 0) is 5.60 Å². The minimum absolute atomic E-state index is 0.684. The number of H-pyrrole nitrogens is 2. The van der Waals surface area contributed by atoms with Gasteiger partial charge in [-0.25, -0.2) is 0 Å². The first kappa shape index (κ1) is 14.8. The van der Waals surface area contributed by atoms with Gasteiger partial charge in [0.15, 0.2) is 0 Å². The molecule has 0 saturated carbocycles. The Kier molecular flexibility index (Phi) is 3.18. The highest BCUT2D eigenvalue weighted by molar-refractivity contribution is 5.90. The highest BCUT2D eigenvalue weighted by Gasteiger charge is 2.33. The molecule has 0 aliphatic heterocycles. The van der Waals surface area contributed by atoms with Crippen LogP contribution in [0.5, 0.6) is 5.75 Å². The first-order chi connectivity index (χ1) is 11.5. The van der Waals surface area contributed by atoms with Crippen LogP contribution in [0.15, 0.2) is 48.7 Å². The number of hydrogen-bond acceptors (Lipinski definition) is 2. The molecule has 0 bridgehead atoms. The smallest absolute Gasteiger partial charge is 0.131 e. The van der Waals surface area contributed by atoms with Gasteiger partial charge in [-0.3, -0.25) is 0 Å². The number of rotatable bonds is 3. The molecule has 0 fully saturated rings. The quantitative estimate of drug-likeness (QED) is 0.529. The predicted octanol–water partition coefficient (Wildman–Crippen LogP) is 4.22. The third-order valence-corrected chi connectivity index (χ3v) is 4.77. The van der Waals surface area contributed by atoms with Crippen molar-refractivity contribution in [3.8, 4) is 5.75 Å². The predicted molar refractivity (Wildman–Crippen MR) is 96.6 cm³/mol. The van der Waals surface area contributed by atoms with Gasteiger partial charge >= 0.3 is 0 Å². The summed E-state index contributed by atoms with van der Waals surface area (Å²) in [5, 5.41) is 13.5. The van der Waals surface area contributed by atoms with E-state index >= 15 is 0 Å². The van der Waals surface area contributed by atoms with E-state index in [4.69, 9.17) is 4.74 Å². The van der Waals surface area contributed by atoms with Gasteiger partial charge in [-0.1, -0.05) is 18.2 Å². The number of aliphatic hydroxyl groups is 1. The molecule has 4 aromatic rings. The summed E-state index contributed by atoms with van der Waals surface area (Å²) < 4.78 is 5.60. The van der Waals surface area contributed by atoms with Crippen LogP contribution in [0.3, 0.4) is 0 Å². The maximum Gasteiger partial charge on any atom is 0.131 e. The summed E-state index contributed by atoms with van der Waals surface area (Å²) in [5.74, 6) is 0.684. The Morgan fingerprint density at radius 2 is 1.92 bits per heavy atom. The average Bonchev–Trinajstić information content (AvgIpc) is 3.21. The molecule has 4 nitrogen and oxygen atoms in total. The fourth-order valence-corrected chi connectivity index (χ4v) is 3.51. The number of aromatic amines is 2. The normalized spacial score (nSPS) is 14.2. The van der Waals surface area contributed by atoms with Crippen LogP contribution in [0.4, 0.5) is 0 Å². The third-order valence-electron chi connectivity index (χ3n) is 4.77. The first-order valence-corrected chi connectivity index (χ1v) is 7.98. The van der Waals surface area contributed by atoms with E-state index in [9.17, 15) is 5.11 Å². The Bertz CT molecular complexity index is 1010. The van der Waals surface area contributed by atoms with Crippen LogP contribution in [0.25, 0.3) is 21.8 Å². The molecular formula is C20H20N2O2. The summed E-state index contributed by atoms with van der Waals surface area (Å²) in [6, 6.07) is 14.0. The summed E-state index contributed by atoms with van der Waals surface area (Å²) in [7, 11) is 1.64. The third kappa shape index (κ3) is 2.03. The molecule has 0 spiro atoms. The summed E-state index contributed by atoms with van der Waals surface area (Å²) in [4.78, 5) is 6.59. The van der Waals surface area contributed by atoms with Gasteiger partial charge in [0.05, 0.1) is 12.8 Å². The average molecular weight is 320 g/mol. The molecule has 122 valence electrons. The molecule has 24 heavy (non-hydrogen) atoms. The van der Waals surface area contributed by atoms with E-state index in [1.807, 2.05) is 55.6 Å². The van der Waals surface area contributed by atoms with E-state index in [-0.39, 0.29) is 0 Å². The monoisotopic (exact) mass is 320 g/mol. The second kappa shape index (κ2) is 5.14. The molecule has 0 aliphatic rings. The lowest BCUT2D eigenvalue weighted by Crippen LogP contribution is -2.24. The standard InChI is InChI=1S/C20H20N2O2/c1-12-10-16(24-3)18(14-8-9-21-19(12)14)20(2,23)17-11-13-6-4-5-7-15(13)22-17/h4-11,21-23H,1-3H3. The van der Waals surface area contributed by atoms with Crippen LogP contribution in [0, 0.1) is 6.92 Å². The van der Waals surface area contributed by atoms with Crippen LogP contribution in [0.1, 0.15) is 23.7 Å². The number of benzene rings is 2. The van der Waals surface area contributed by atoms with Crippen molar-refractivity contribution in [2.45, 2.75) is 19.4 Å². The van der Waals surface area contributed by atoms with Crippen LogP contribution in [0.2, 0.25) is 0 Å². The van der Waals surface area contributed by atoms with Crippen molar-refractivity contribution >= 4 is 21.8 Å². The number of para-hydroxylation sites is 1. The van der Waals surface area contributed by atoms with Crippen molar-refractivity contribution < 1.29 is 9.84 Å². The highest BCUT2D eigenvalue weighted by atomic mass is 16.5. The summed E-state index contributed by atoms with van der Waals surface area (Å²) in [5.41, 5.74) is 3.40. The lowest BCUT2D eigenvalue weighted by Gasteiger charge is -2.26. The van der Waals surface area contributed by atoms with Crippen LogP contribution < -0.4 is 4.74 Å². The highest BCUT2D eigenvalue weighted by Crippen LogP contribution is 2.41. The van der Waals surface area contributed by atoms with Crippen molar-refractivity contribution in [2.24, 2.45) is 0 Å². The maximum atomic E-state index is 11.5. The van der Waals surface area contributed by atoms with Gasteiger partial charge in [-0.15, -0.1) is 0 Å². The summed E-state index contributed by atoms with van der Waals surface area (Å²) in [6.45, 7) is 3.83. The molecule has 2 heterocycles. The Hall–Kier alpha value is -2.72. The van der Waals surface area contributed by atoms with E-state index in [0.717, 1.165) is 38.6 Å². The van der Waals surface area contributed by atoms with Crippen molar-refractivity contribution in [3.63, 3.8) is 0 Å². The molecule has 4 heteroatoms. The molecule has 0 amide bonds. The van der Waals surface area contributed by atoms with Gasteiger partial charge in [0.2, 0.25) is 0 Å². The van der Waals surface area contributed by atoms with Gasteiger partial charge in [0, 0.05) is 28.2 Å². The SMILES string of the molecule is COc1cc(C)c2[nH]ccc2c1C(C)(O)c1cc2ccccc2[nH]1. The van der Waals surface area contributed by atoms with E-state index in [1.165, 1.54) is 0 Å². The zero-order chi connectivity index (χ0) is 16.9. The number of fused-ring (bicyclic) bond motifs is 2. The fraction of sp³-hybridized carbons (Fsp3) is 0.200.